The minimum absolute atomic E-state index is 0.0530. The molecule has 136 valence electrons. The Hall–Kier alpha value is -2.32. The minimum Gasteiger partial charge on any atom is -0.322 e. The molecule has 2 N–H and O–H groups in total. The standard InChI is InChI=1S/C18H19FN4O2S/c19-12-3-1-2-4-13(12)20-16(24)10-23-8-7-14-15(9-23)26-18(21-14)22-17(25)11-5-6-11/h1-4,11H,5-10H2,(H,20,24)(H,21,22,25). The van der Waals surface area contributed by atoms with Crippen LogP contribution in [-0.2, 0) is 22.6 Å². The maximum Gasteiger partial charge on any atom is 0.238 e. The molecule has 0 unspecified atom stereocenters. The van der Waals surface area contributed by atoms with E-state index < -0.39 is 5.82 Å². The van der Waals surface area contributed by atoms with E-state index in [2.05, 4.69) is 15.6 Å². The van der Waals surface area contributed by atoms with Crippen molar-refractivity contribution in [2.24, 2.45) is 5.92 Å². The quantitative estimate of drug-likeness (QED) is 0.844. The second-order valence-electron chi connectivity index (χ2n) is 6.64. The Balaban J connectivity index is 1.34. The highest BCUT2D eigenvalue weighted by molar-refractivity contribution is 7.15. The molecule has 2 amide bonds. The van der Waals surface area contributed by atoms with Gasteiger partial charge in [0, 0.05) is 30.3 Å². The zero-order valence-corrected chi connectivity index (χ0v) is 14.9. The molecule has 0 spiro atoms. The van der Waals surface area contributed by atoms with Crippen molar-refractivity contribution in [1.29, 1.82) is 0 Å². The molecule has 0 radical (unpaired) electrons. The smallest absolute Gasteiger partial charge is 0.238 e. The van der Waals surface area contributed by atoms with E-state index in [0.717, 1.165) is 29.8 Å². The number of benzene rings is 1. The molecule has 1 aromatic carbocycles. The van der Waals surface area contributed by atoms with Gasteiger partial charge in [0.15, 0.2) is 5.13 Å². The molecule has 26 heavy (non-hydrogen) atoms. The van der Waals surface area contributed by atoms with E-state index in [1.165, 1.54) is 17.4 Å². The Bertz CT molecular complexity index is 849. The number of carbonyl (C=O) groups excluding carboxylic acids is 2. The fourth-order valence-corrected chi connectivity index (χ4v) is 4.00. The number of thiazole rings is 1. The third-order valence-electron chi connectivity index (χ3n) is 4.50. The minimum atomic E-state index is -0.444. The van der Waals surface area contributed by atoms with Crippen molar-refractivity contribution in [2.45, 2.75) is 25.8 Å². The summed E-state index contributed by atoms with van der Waals surface area (Å²) in [6, 6.07) is 6.12. The number of amides is 2. The normalized spacial score (nSPS) is 16.8. The van der Waals surface area contributed by atoms with Gasteiger partial charge in [0.1, 0.15) is 5.82 Å². The monoisotopic (exact) mass is 374 g/mol. The van der Waals surface area contributed by atoms with E-state index in [9.17, 15) is 14.0 Å². The Morgan fingerprint density at radius 3 is 2.85 bits per heavy atom. The number of fused-ring (bicyclic) bond motifs is 1. The molecule has 2 aliphatic rings. The summed E-state index contributed by atoms with van der Waals surface area (Å²) in [5, 5.41) is 6.14. The van der Waals surface area contributed by atoms with Gasteiger partial charge in [0.2, 0.25) is 11.8 Å². The fraction of sp³-hybridized carbons (Fsp3) is 0.389. The molecule has 1 aromatic heterocycles. The van der Waals surface area contributed by atoms with Crippen LogP contribution < -0.4 is 10.6 Å². The van der Waals surface area contributed by atoms with E-state index in [-0.39, 0.29) is 30.0 Å². The SMILES string of the molecule is O=C(CN1CCc2nc(NC(=O)C3CC3)sc2C1)Nc1ccccc1F. The summed E-state index contributed by atoms with van der Waals surface area (Å²) in [7, 11) is 0. The van der Waals surface area contributed by atoms with E-state index in [1.807, 2.05) is 4.90 Å². The second-order valence-corrected chi connectivity index (χ2v) is 7.72. The number of hydrogen-bond acceptors (Lipinski definition) is 5. The number of para-hydroxylation sites is 1. The number of rotatable bonds is 5. The summed E-state index contributed by atoms with van der Waals surface area (Å²) >= 11 is 1.47. The van der Waals surface area contributed by atoms with Gasteiger partial charge in [-0.05, 0) is 25.0 Å². The highest BCUT2D eigenvalue weighted by Gasteiger charge is 2.31. The van der Waals surface area contributed by atoms with Gasteiger partial charge in [-0.1, -0.05) is 12.1 Å². The first-order valence-electron chi connectivity index (χ1n) is 8.64. The van der Waals surface area contributed by atoms with Crippen molar-refractivity contribution in [1.82, 2.24) is 9.88 Å². The third-order valence-corrected chi connectivity index (χ3v) is 5.50. The highest BCUT2D eigenvalue weighted by Crippen LogP contribution is 2.32. The number of carbonyl (C=O) groups is 2. The summed E-state index contributed by atoms with van der Waals surface area (Å²) in [6.45, 7) is 1.50. The van der Waals surface area contributed by atoms with Gasteiger partial charge in [0.25, 0.3) is 0 Å². The van der Waals surface area contributed by atoms with Crippen molar-refractivity contribution >= 4 is 34.0 Å². The maximum atomic E-state index is 13.6. The molecule has 2 heterocycles. The van der Waals surface area contributed by atoms with E-state index >= 15 is 0 Å². The molecule has 2 aromatic rings. The van der Waals surface area contributed by atoms with Crippen LogP contribution in [0.25, 0.3) is 0 Å². The topological polar surface area (TPSA) is 74.3 Å². The van der Waals surface area contributed by atoms with Gasteiger partial charge in [-0.15, -0.1) is 11.3 Å². The van der Waals surface area contributed by atoms with Gasteiger partial charge in [-0.25, -0.2) is 9.37 Å². The number of nitrogens with zero attached hydrogens (tertiary/aromatic N) is 2. The average molecular weight is 374 g/mol. The van der Waals surface area contributed by atoms with Crippen LogP contribution in [0.4, 0.5) is 15.2 Å². The van der Waals surface area contributed by atoms with Crippen LogP contribution >= 0.6 is 11.3 Å². The first-order valence-corrected chi connectivity index (χ1v) is 9.46. The average Bonchev–Trinajstić information content (AvgIpc) is 3.38. The number of hydrogen-bond donors (Lipinski definition) is 2. The lowest BCUT2D eigenvalue weighted by Crippen LogP contribution is -2.36. The lowest BCUT2D eigenvalue weighted by Gasteiger charge is -2.25. The predicted octanol–water partition coefficient (Wildman–Crippen LogP) is 2.63. The summed E-state index contributed by atoms with van der Waals surface area (Å²) in [5.41, 5.74) is 1.19. The zero-order chi connectivity index (χ0) is 18.1. The number of nitrogens with one attached hydrogen (secondary N) is 2. The second kappa shape index (κ2) is 7.13. The molecule has 1 saturated carbocycles. The summed E-state index contributed by atoms with van der Waals surface area (Å²) in [5.74, 6) is -0.489. The molecule has 1 fully saturated rings. The van der Waals surface area contributed by atoms with Crippen molar-refractivity contribution in [2.75, 3.05) is 23.7 Å². The molecular weight excluding hydrogens is 355 g/mol. The van der Waals surface area contributed by atoms with Crippen LogP contribution in [0.15, 0.2) is 24.3 Å². The van der Waals surface area contributed by atoms with Crippen LogP contribution in [0.5, 0.6) is 0 Å². The first-order chi connectivity index (χ1) is 12.6. The summed E-state index contributed by atoms with van der Waals surface area (Å²) in [4.78, 5) is 31.6. The lowest BCUT2D eigenvalue weighted by molar-refractivity contribution is -0.118. The van der Waals surface area contributed by atoms with Crippen molar-refractivity contribution < 1.29 is 14.0 Å². The zero-order valence-electron chi connectivity index (χ0n) is 14.1. The molecule has 0 bridgehead atoms. The van der Waals surface area contributed by atoms with E-state index in [0.29, 0.717) is 18.2 Å². The van der Waals surface area contributed by atoms with E-state index in [4.69, 9.17) is 0 Å². The van der Waals surface area contributed by atoms with Gasteiger partial charge in [-0.3, -0.25) is 14.5 Å². The molecule has 0 atom stereocenters. The van der Waals surface area contributed by atoms with Gasteiger partial charge < -0.3 is 10.6 Å². The lowest BCUT2D eigenvalue weighted by atomic mass is 10.2. The maximum absolute atomic E-state index is 13.6. The van der Waals surface area contributed by atoms with Crippen molar-refractivity contribution in [3.63, 3.8) is 0 Å². The van der Waals surface area contributed by atoms with Crippen LogP contribution in [0.3, 0.4) is 0 Å². The Labute approximate surface area is 154 Å². The first kappa shape index (κ1) is 17.1. The van der Waals surface area contributed by atoms with Crippen molar-refractivity contribution in [3.05, 3.63) is 40.7 Å². The Morgan fingerprint density at radius 1 is 1.27 bits per heavy atom. The molecule has 6 nitrogen and oxygen atoms in total. The van der Waals surface area contributed by atoms with Crippen LogP contribution in [0.2, 0.25) is 0 Å². The fourth-order valence-electron chi connectivity index (χ4n) is 2.95. The molecule has 1 aliphatic heterocycles. The molecule has 4 rings (SSSR count). The van der Waals surface area contributed by atoms with Crippen LogP contribution in [0, 0.1) is 11.7 Å². The van der Waals surface area contributed by atoms with E-state index in [1.54, 1.807) is 18.2 Å². The summed E-state index contributed by atoms with van der Waals surface area (Å²) < 4.78 is 13.6. The van der Waals surface area contributed by atoms with Gasteiger partial charge in [0.05, 0.1) is 17.9 Å². The van der Waals surface area contributed by atoms with Crippen LogP contribution in [0.1, 0.15) is 23.4 Å². The molecule has 0 saturated heterocycles. The molecular formula is C18H19FN4O2S. The third kappa shape index (κ3) is 3.91. The summed E-state index contributed by atoms with van der Waals surface area (Å²) in [6.07, 6.45) is 2.65. The number of aromatic nitrogens is 1. The van der Waals surface area contributed by atoms with Crippen molar-refractivity contribution in [3.8, 4) is 0 Å². The highest BCUT2D eigenvalue weighted by atomic mass is 32.1. The molecule has 1 aliphatic carbocycles. The number of anilines is 2. The van der Waals surface area contributed by atoms with Crippen LogP contribution in [-0.4, -0.2) is 34.8 Å². The Kier molecular flexibility index (Phi) is 4.69. The molecule has 8 heteroatoms. The van der Waals surface area contributed by atoms with Gasteiger partial charge >= 0.3 is 0 Å². The predicted molar refractivity (Wildman–Crippen MR) is 97.5 cm³/mol. The number of halogens is 1. The Morgan fingerprint density at radius 2 is 2.08 bits per heavy atom. The largest absolute Gasteiger partial charge is 0.322 e. The van der Waals surface area contributed by atoms with Gasteiger partial charge in [-0.2, -0.15) is 0 Å².